The van der Waals surface area contributed by atoms with E-state index in [9.17, 15) is 0 Å². The fourth-order valence-electron chi connectivity index (χ4n) is 1.44. The van der Waals surface area contributed by atoms with Gasteiger partial charge in [0.1, 0.15) is 11.8 Å². The highest BCUT2D eigenvalue weighted by Gasteiger charge is 2.20. The largest absolute Gasteiger partial charge is 0.479 e. The van der Waals surface area contributed by atoms with Gasteiger partial charge >= 0.3 is 0 Å². The van der Waals surface area contributed by atoms with Crippen LogP contribution >= 0.6 is 15.9 Å². The first-order valence-electron chi connectivity index (χ1n) is 5.31. The van der Waals surface area contributed by atoms with Crippen molar-refractivity contribution in [3.63, 3.8) is 0 Å². The molecule has 0 aliphatic carbocycles. The molecule has 0 unspecified atom stereocenters. The first-order valence-corrected chi connectivity index (χ1v) is 6.10. The molecule has 0 amide bonds. The van der Waals surface area contributed by atoms with Gasteiger partial charge in [-0.25, -0.2) is 0 Å². The predicted molar refractivity (Wildman–Crippen MR) is 68.6 cm³/mol. The van der Waals surface area contributed by atoms with E-state index in [1.165, 1.54) is 5.56 Å². The maximum Gasteiger partial charge on any atom is 0.174 e. The molecule has 0 bridgehead atoms. The number of ether oxygens (including phenoxy) is 1. The lowest BCUT2D eigenvalue weighted by molar-refractivity contribution is 0.367. The Morgan fingerprint density at radius 1 is 1.44 bits per heavy atom. The van der Waals surface area contributed by atoms with Gasteiger partial charge in [-0.15, -0.1) is 0 Å². The molecule has 2 nitrogen and oxygen atoms in total. The highest BCUT2D eigenvalue weighted by Crippen LogP contribution is 2.34. The quantitative estimate of drug-likeness (QED) is 0.835. The summed E-state index contributed by atoms with van der Waals surface area (Å²) in [6.07, 6.45) is 1.07. The van der Waals surface area contributed by atoms with E-state index in [0.29, 0.717) is 0 Å². The summed E-state index contributed by atoms with van der Waals surface area (Å²) in [5.41, 5.74) is 1.41. The molecule has 0 N–H and O–H groups in total. The number of halogens is 1. The third-order valence-electron chi connectivity index (χ3n) is 2.86. The van der Waals surface area contributed by atoms with E-state index in [0.717, 1.165) is 16.6 Å². The molecular formula is C13H16BrNO. The van der Waals surface area contributed by atoms with Gasteiger partial charge in [0.15, 0.2) is 6.61 Å². The van der Waals surface area contributed by atoms with Crippen LogP contribution in [0.4, 0.5) is 0 Å². The Morgan fingerprint density at radius 2 is 2.12 bits per heavy atom. The molecule has 16 heavy (non-hydrogen) atoms. The van der Waals surface area contributed by atoms with E-state index >= 15 is 0 Å². The van der Waals surface area contributed by atoms with Crippen molar-refractivity contribution < 1.29 is 4.74 Å². The Bertz CT molecular complexity index is 407. The first-order chi connectivity index (χ1) is 7.51. The molecule has 1 rings (SSSR count). The van der Waals surface area contributed by atoms with Gasteiger partial charge in [-0.2, -0.15) is 5.26 Å². The van der Waals surface area contributed by atoms with Crippen LogP contribution in [0.3, 0.4) is 0 Å². The van der Waals surface area contributed by atoms with Crippen LogP contribution in [-0.2, 0) is 5.41 Å². The highest BCUT2D eigenvalue weighted by molar-refractivity contribution is 9.10. The first kappa shape index (κ1) is 13.1. The maximum absolute atomic E-state index is 8.43. The second-order valence-electron chi connectivity index (χ2n) is 4.33. The number of hydrogen-bond acceptors (Lipinski definition) is 2. The summed E-state index contributed by atoms with van der Waals surface area (Å²) in [6.45, 7) is 6.68. The fraction of sp³-hybridized carbons (Fsp3) is 0.462. The van der Waals surface area contributed by atoms with Crippen molar-refractivity contribution >= 4 is 15.9 Å². The maximum atomic E-state index is 8.43. The van der Waals surface area contributed by atoms with Gasteiger partial charge in [0.05, 0.1) is 0 Å². The van der Waals surface area contributed by atoms with Crippen LogP contribution in [0.5, 0.6) is 5.75 Å². The Morgan fingerprint density at radius 3 is 2.62 bits per heavy atom. The molecule has 0 spiro atoms. The van der Waals surface area contributed by atoms with Gasteiger partial charge in [0.2, 0.25) is 0 Å². The van der Waals surface area contributed by atoms with E-state index < -0.39 is 0 Å². The molecule has 1 aromatic rings. The summed E-state index contributed by atoms with van der Waals surface area (Å²) >= 11 is 3.55. The summed E-state index contributed by atoms with van der Waals surface area (Å²) in [5.74, 6) is 0.726. The summed E-state index contributed by atoms with van der Waals surface area (Å²) in [6, 6.07) is 7.84. The number of rotatable bonds is 4. The molecular weight excluding hydrogens is 266 g/mol. The van der Waals surface area contributed by atoms with E-state index in [1.54, 1.807) is 0 Å². The van der Waals surface area contributed by atoms with Crippen LogP contribution in [0, 0.1) is 11.3 Å². The van der Waals surface area contributed by atoms with Crippen molar-refractivity contribution in [2.45, 2.75) is 32.6 Å². The van der Waals surface area contributed by atoms with Gasteiger partial charge in [-0.05, 0) is 29.5 Å². The summed E-state index contributed by atoms with van der Waals surface area (Å²) in [4.78, 5) is 0. The van der Waals surface area contributed by atoms with Crippen molar-refractivity contribution in [3.05, 3.63) is 28.2 Å². The van der Waals surface area contributed by atoms with Crippen molar-refractivity contribution in [1.82, 2.24) is 0 Å². The molecule has 0 saturated heterocycles. The summed E-state index contributed by atoms with van der Waals surface area (Å²) in [5, 5.41) is 8.43. The summed E-state index contributed by atoms with van der Waals surface area (Å²) in [7, 11) is 0. The zero-order valence-corrected chi connectivity index (χ0v) is 11.5. The van der Waals surface area contributed by atoms with Gasteiger partial charge in [-0.3, -0.25) is 0 Å². The number of nitrogens with zero attached hydrogens (tertiary/aromatic N) is 1. The third-order valence-corrected chi connectivity index (χ3v) is 3.51. The average Bonchev–Trinajstić information content (AvgIpc) is 2.26. The second-order valence-corrected chi connectivity index (χ2v) is 5.18. The third kappa shape index (κ3) is 2.99. The van der Waals surface area contributed by atoms with Gasteiger partial charge in [0.25, 0.3) is 0 Å². The van der Waals surface area contributed by atoms with Crippen LogP contribution in [0.1, 0.15) is 32.8 Å². The molecule has 0 saturated carbocycles. The molecule has 0 aliphatic heterocycles. The topological polar surface area (TPSA) is 33.0 Å². The fourth-order valence-corrected chi connectivity index (χ4v) is 2.34. The van der Waals surface area contributed by atoms with Crippen molar-refractivity contribution in [2.75, 3.05) is 6.61 Å². The van der Waals surface area contributed by atoms with Crippen LogP contribution < -0.4 is 4.74 Å². The van der Waals surface area contributed by atoms with Crippen LogP contribution in [-0.4, -0.2) is 6.61 Å². The monoisotopic (exact) mass is 281 g/mol. The molecule has 0 aromatic heterocycles. The smallest absolute Gasteiger partial charge is 0.174 e. The number of nitriles is 1. The Hall–Kier alpha value is -1.01. The molecule has 86 valence electrons. The minimum atomic E-state index is 0.0863. The van der Waals surface area contributed by atoms with Gasteiger partial charge < -0.3 is 4.74 Å². The molecule has 0 aliphatic rings. The van der Waals surface area contributed by atoms with Crippen molar-refractivity contribution in [3.8, 4) is 11.8 Å². The van der Waals surface area contributed by atoms with Crippen LogP contribution in [0.25, 0.3) is 0 Å². The number of benzene rings is 1. The molecule has 0 radical (unpaired) electrons. The second kappa shape index (κ2) is 5.36. The van der Waals surface area contributed by atoms with Crippen molar-refractivity contribution in [1.29, 1.82) is 5.26 Å². The molecule has 0 fully saturated rings. The zero-order chi connectivity index (χ0) is 12.2. The molecule has 3 heteroatoms. The van der Waals surface area contributed by atoms with Crippen molar-refractivity contribution in [2.24, 2.45) is 0 Å². The standard InChI is InChI=1S/C13H16BrNO/c1-4-13(2,3)11-6-5-10(9-12(11)14)16-8-7-15/h5-6,9H,4,8H2,1-3H3. The number of hydrogen-bond donors (Lipinski definition) is 0. The SMILES string of the molecule is CCC(C)(C)c1ccc(OCC#N)cc1Br. The van der Waals surface area contributed by atoms with E-state index in [-0.39, 0.29) is 12.0 Å². The van der Waals surface area contributed by atoms with Crippen LogP contribution in [0.2, 0.25) is 0 Å². The predicted octanol–water partition coefficient (Wildman–Crippen LogP) is 4.04. The Kier molecular flexibility index (Phi) is 4.37. The normalized spacial score (nSPS) is 10.9. The zero-order valence-electron chi connectivity index (χ0n) is 9.88. The lowest BCUT2D eigenvalue weighted by Gasteiger charge is -2.25. The van der Waals surface area contributed by atoms with Gasteiger partial charge in [-0.1, -0.05) is 42.8 Å². The Labute approximate surface area is 105 Å². The molecule has 1 aromatic carbocycles. The Balaban J connectivity index is 2.97. The lowest BCUT2D eigenvalue weighted by Crippen LogP contribution is -2.16. The van der Waals surface area contributed by atoms with E-state index in [1.807, 2.05) is 18.2 Å². The molecule has 0 heterocycles. The van der Waals surface area contributed by atoms with Crippen LogP contribution in [0.15, 0.2) is 22.7 Å². The van der Waals surface area contributed by atoms with E-state index in [2.05, 4.69) is 42.8 Å². The lowest BCUT2D eigenvalue weighted by atomic mass is 9.82. The molecule has 0 atom stereocenters. The van der Waals surface area contributed by atoms with Gasteiger partial charge in [0, 0.05) is 4.47 Å². The minimum absolute atomic E-state index is 0.0863. The van der Waals surface area contributed by atoms with E-state index in [4.69, 9.17) is 10.00 Å². The highest BCUT2D eigenvalue weighted by atomic mass is 79.9. The summed E-state index contributed by atoms with van der Waals surface area (Å²) < 4.78 is 6.28. The average molecular weight is 282 g/mol. The minimum Gasteiger partial charge on any atom is -0.479 e.